The lowest BCUT2D eigenvalue weighted by molar-refractivity contribution is 0.837. The number of hydrogen-bond donors (Lipinski definition) is 0. The van der Waals surface area contributed by atoms with Gasteiger partial charge < -0.3 is 0 Å². The summed E-state index contributed by atoms with van der Waals surface area (Å²) in [7, 11) is -3.21. The summed E-state index contributed by atoms with van der Waals surface area (Å²) in [5, 5.41) is 0. The molecule has 0 spiro atoms. The fraction of sp³-hybridized carbons (Fsp3) is 0.500. The van der Waals surface area contributed by atoms with Crippen LogP contribution >= 0.6 is 68.0 Å². The lowest BCUT2D eigenvalue weighted by Gasteiger charge is -2.42. The Bertz CT molecular complexity index is 1640. The van der Waals surface area contributed by atoms with Crippen LogP contribution < -0.4 is 9.00 Å². The van der Waals surface area contributed by atoms with Crippen LogP contribution in [0, 0.1) is 0 Å². The van der Waals surface area contributed by atoms with Gasteiger partial charge in [-0.1, -0.05) is 83.1 Å². The van der Waals surface area contributed by atoms with Crippen molar-refractivity contribution in [3.8, 4) is 19.5 Å². The first kappa shape index (κ1) is 33.3. The Morgan fingerprint density at radius 3 is 0.727 bits per heavy atom. The Hall–Kier alpha value is -0.586. The molecule has 0 aromatic carbocycles. The van der Waals surface area contributed by atoms with Gasteiger partial charge in [0, 0.05) is 47.7 Å². The van der Waals surface area contributed by atoms with E-state index < -0.39 is 16.1 Å². The molecule has 0 saturated carbocycles. The first-order valence-corrected chi connectivity index (χ1v) is 25.7. The normalized spacial score (nSPS) is 13.8. The molecular formula is C36H48S6Si2. The Morgan fingerprint density at radius 2 is 0.523 bits per heavy atom. The van der Waals surface area contributed by atoms with Gasteiger partial charge in [0.15, 0.2) is 0 Å². The van der Waals surface area contributed by atoms with Gasteiger partial charge in [-0.3, -0.25) is 0 Å². The second-order valence-corrected chi connectivity index (χ2v) is 33.6. The molecule has 0 bridgehead atoms. The highest BCUT2D eigenvalue weighted by atomic mass is 32.1. The molecule has 6 rings (SSSR count). The van der Waals surface area contributed by atoms with Crippen molar-refractivity contribution in [1.29, 1.82) is 0 Å². The number of hydrogen-bond acceptors (Lipinski definition) is 6. The summed E-state index contributed by atoms with van der Waals surface area (Å²) in [6.07, 6.45) is 0. The average Bonchev–Trinajstić information content (AvgIpc) is 3.70. The minimum atomic E-state index is -1.60. The van der Waals surface area contributed by atoms with Gasteiger partial charge in [-0.2, -0.15) is 0 Å². The molecular weight excluding hydrogens is 681 g/mol. The Labute approximate surface area is 291 Å². The summed E-state index contributed by atoms with van der Waals surface area (Å²) in [5.74, 6) is 0. The van der Waals surface area contributed by atoms with Crippen molar-refractivity contribution >= 4 is 121 Å². The first-order chi connectivity index (χ1) is 20.7. The molecule has 0 unspecified atom stereocenters. The summed E-state index contributed by atoms with van der Waals surface area (Å²) in [4.78, 5) is 5.75. The minimum Gasteiger partial charge on any atom is -0.144 e. The van der Waals surface area contributed by atoms with Gasteiger partial charge in [-0.15, -0.1) is 68.0 Å². The van der Waals surface area contributed by atoms with Crippen LogP contribution in [0.5, 0.6) is 0 Å². The molecule has 236 valence electrons. The highest BCUT2D eigenvalue weighted by Gasteiger charge is 2.46. The van der Waals surface area contributed by atoms with E-state index in [2.05, 4.69) is 142 Å². The second kappa shape index (κ2) is 12.1. The largest absolute Gasteiger partial charge is 0.144 e. The Morgan fingerprint density at radius 1 is 0.318 bits per heavy atom. The van der Waals surface area contributed by atoms with E-state index in [0.29, 0.717) is 0 Å². The fourth-order valence-corrected chi connectivity index (χ4v) is 34.7. The lowest BCUT2D eigenvalue weighted by atomic mass is 10.3. The van der Waals surface area contributed by atoms with Gasteiger partial charge in [0.1, 0.15) is 16.1 Å². The van der Waals surface area contributed by atoms with Crippen LogP contribution in [-0.2, 0) is 0 Å². The van der Waals surface area contributed by atoms with E-state index in [4.69, 9.17) is 0 Å². The zero-order valence-corrected chi connectivity index (χ0v) is 35.3. The summed E-state index contributed by atoms with van der Waals surface area (Å²) in [6.45, 7) is 29.8. The fourth-order valence-electron chi connectivity index (χ4n) is 9.13. The molecule has 6 aromatic rings. The molecule has 0 N–H and O–H groups in total. The van der Waals surface area contributed by atoms with Crippen molar-refractivity contribution < 1.29 is 0 Å². The summed E-state index contributed by atoms with van der Waals surface area (Å²) < 4.78 is 12.3. The number of fused-ring (bicyclic) bond motifs is 3. The van der Waals surface area contributed by atoms with E-state index >= 15 is 0 Å². The van der Waals surface area contributed by atoms with Crippen molar-refractivity contribution in [1.82, 2.24) is 0 Å². The van der Waals surface area contributed by atoms with Crippen molar-refractivity contribution in [3.05, 3.63) is 36.4 Å². The molecule has 0 radical (unpaired) electrons. The van der Waals surface area contributed by atoms with Crippen LogP contribution in [0.2, 0.25) is 33.2 Å². The van der Waals surface area contributed by atoms with E-state index in [1.165, 1.54) is 47.7 Å². The average molecular weight is 729 g/mol. The quantitative estimate of drug-likeness (QED) is 0.123. The maximum Gasteiger partial charge on any atom is 0.107 e. The molecule has 6 heterocycles. The highest BCUT2D eigenvalue weighted by molar-refractivity contribution is 7.39. The number of thiophene rings is 6. The van der Waals surface area contributed by atoms with Gasteiger partial charge >= 0.3 is 0 Å². The number of rotatable bonds is 10. The third-order valence-corrected chi connectivity index (χ3v) is 33.8. The van der Waals surface area contributed by atoms with Gasteiger partial charge in [-0.05, 0) is 78.6 Å². The lowest BCUT2D eigenvalue weighted by Crippen LogP contribution is -2.54. The first-order valence-electron chi connectivity index (χ1n) is 16.3. The molecule has 0 aliphatic rings. The zero-order chi connectivity index (χ0) is 31.9. The predicted molar refractivity (Wildman–Crippen MR) is 218 cm³/mol. The van der Waals surface area contributed by atoms with Crippen molar-refractivity contribution in [2.24, 2.45) is 0 Å². The van der Waals surface area contributed by atoms with Crippen molar-refractivity contribution in [2.45, 2.75) is 116 Å². The van der Waals surface area contributed by atoms with Crippen LogP contribution in [0.1, 0.15) is 83.1 Å². The van der Waals surface area contributed by atoms with Gasteiger partial charge in [0.05, 0.1) is 0 Å². The minimum absolute atomic E-state index is 0.754. The molecule has 0 aliphatic carbocycles. The van der Waals surface area contributed by atoms with Gasteiger partial charge in [-0.25, -0.2) is 0 Å². The molecule has 0 nitrogen and oxygen atoms in total. The molecule has 0 aliphatic heterocycles. The zero-order valence-electron chi connectivity index (χ0n) is 28.4. The van der Waals surface area contributed by atoms with E-state index in [1.807, 2.05) is 45.3 Å². The topological polar surface area (TPSA) is 0 Å². The summed E-state index contributed by atoms with van der Waals surface area (Å²) in [6, 6.07) is 15.1. The van der Waals surface area contributed by atoms with E-state index in [9.17, 15) is 0 Å². The Balaban J connectivity index is 1.29. The summed E-state index contributed by atoms with van der Waals surface area (Å²) in [5.41, 5.74) is 4.53. The summed E-state index contributed by atoms with van der Waals surface area (Å²) >= 11 is 12.2. The Kier molecular flexibility index (Phi) is 9.19. The molecule has 0 fully saturated rings. The van der Waals surface area contributed by atoms with Crippen LogP contribution in [-0.4, -0.2) is 16.1 Å². The second-order valence-electron chi connectivity index (χ2n) is 14.6. The van der Waals surface area contributed by atoms with Crippen LogP contribution in [0.25, 0.3) is 47.7 Å². The third kappa shape index (κ3) is 5.08. The standard InChI is InChI=1S/C36H48S6Si2/c1-19(2)43(20(3)4,21(5)6)35-17-33-31(41-35)15-29(39-33)27-13-25-26(37-27)14-28(38-25)30-16-32-34(40-30)18-36(42-32)44(22(7)8,23(9)10)24(11)12/h13-24H,1-12H3. The molecule has 0 saturated heterocycles. The third-order valence-electron chi connectivity index (χ3n) is 10.7. The molecule has 0 amide bonds. The van der Waals surface area contributed by atoms with Crippen LogP contribution in [0.3, 0.4) is 0 Å². The highest BCUT2D eigenvalue weighted by Crippen LogP contribution is 2.50. The van der Waals surface area contributed by atoms with Gasteiger partial charge in [0.25, 0.3) is 0 Å². The van der Waals surface area contributed by atoms with Crippen molar-refractivity contribution in [2.75, 3.05) is 0 Å². The molecule has 8 heteroatoms. The van der Waals surface area contributed by atoms with Gasteiger partial charge in [0.2, 0.25) is 0 Å². The molecule has 6 aromatic heterocycles. The smallest absolute Gasteiger partial charge is 0.107 e. The SMILES string of the molecule is CC(C)[Si](c1cc2sc(-c3cc4sc(-c5cc6sc([Si](C(C)C)(C(C)C)C(C)C)cc6s5)cc4s3)cc2s1)(C(C)C)C(C)C. The predicted octanol–water partition coefficient (Wildman–Crippen LogP) is 14.6. The maximum atomic E-state index is 2.60. The van der Waals surface area contributed by atoms with Crippen LogP contribution in [0.4, 0.5) is 0 Å². The molecule has 0 atom stereocenters. The van der Waals surface area contributed by atoms with Crippen molar-refractivity contribution in [3.63, 3.8) is 0 Å². The van der Waals surface area contributed by atoms with Crippen LogP contribution in [0.15, 0.2) is 36.4 Å². The monoisotopic (exact) mass is 728 g/mol. The maximum absolute atomic E-state index is 2.60. The van der Waals surface area contributed by atoms with E-state index in [-0.39, 0.29) is 0 Å². The molecule has 44 heavy (non-hydrogen) atoms. The van der Waals surface area contributed by atoms with E-state index in [0.717, 1.165) is 33.2 Å². The van der Waals surface area contributed by atoms with E-state index in [1.54, 1.807) is 9.00 Å².